The molecule has 0 radical (unpaired) electrons. The highest BCUT2D eigenvalue weighted by Crippen LogP contribution is 2.41. The van der Waals surface area contributed by atoms with Crippen molar-refractivity contribution in [3.05, 3.63) is 108 Å². The average molecular weight is 508 g/mol. The van der Waals surface area contributed by atoms with Crippen LogP contribution in [-0.4, -0.2) is 39.5 Å². The minimum Gasteiger partial charge on any atom is -0.489 e. The molecule has 1 aromatic heterocycles. The number of imide groups is 1. The number of hydrogen-bond donors (Lipinski definition) is 1. The number of carbonyl (C=O) groups excluding carboxylic acids is 2. The average Bonchev–Trinajstić information content (AvgIpc) is 3.42. The Morgan fingerprint density at radius 2 is 1.63 bits per heavy atom. The third-order valence-electron chi connectivity index (χ3n) is 6.40. The lowest BCUT2D eigenvalue weighted by atomic mass is 9.99. The number of ether oxygens (including phenoxy) is 3. The normalized spacial score (nSPS) is 14.8. The van der Waals surface area contributed by atoms with Gasteiger partial charge in [0, 0.05) is 24.2 Å². The zero-order valence-corrected chi connectivity index (χ0v) is 20.1. The fraction of sp³-hybridized carbons (Fsp3) is 0.0690. The highest BCUT2D eigenvalue weighted by atomic mass is 16.6. The Balaban J connectivity index is 1.49. The smallest absolute Gasteiger partial charge is 0.416 e. The second kappa shape index (κ2) is 8.97. The van der Waals surface area contributed by atoms with E-state index in [2.05, 4.69) is 0 Å². The Kier molecular flexibility index (Phi) is 5.45. The Morgan fingerprint density at radius 3 is 2.39 bits per heavy atom. The van der Waals surface area contributed by atoms with Crippen molar-refractivity contribution in [1.29, 1.82) is 0 Å². The van der Waals surface area contributed by atoms with E-state index < -0.39 is 17.9 Å². The second-order valence-corrected chi connectivity index (χ2v) is 8.72. The molecular formula is C29H20N2O7. The summed E-state index contributed by atoms with van der Waals surface area (Å²) in [6.07, 6.45) is 1.36. The van der Waals surface area contributed by atoms with Crippen LogP contribution in [0.15, 0.2) is 96.6 Å². The number of fused-ring (bicyclic) bond motifs is 2. The van der Waals surface area contributed by atoms with E-state index in [-0.39, 0.29) is 22.5 Å². The Bertz CT molecular complexity index is 1700. The van der Waals surface area contributed by atoms with Crippen LogP contribution in [0.4, 0.5) is 4.79 Å². The van der Waals surface area contributed by atoms with Crippen molar-refractivity contribution in [3.8, 4) is 17.2 Å². The molecule has 2 amide bonds. The number of carboxylic acid groups (broad SMARTS) is 1. The topological polar surface area (TPSA) is 107 Å². The first-order valence-corrected chi connectivity index (χ1v) is 11.7. The van der Waals surface area contributed by atoms with E-state index in [1.165, 1.54) is 19.5 Å². The van der Waals surface area contributed by atoms with Crippen LogP contribution in [0.3, 0.4) is 0 Å². The van der Waals surface area contributed by atoms with Crippen LogP contribution in [0.5, 0.6) is 17.2 Å². The van der Waals surface area contributed by atoms with E-state index in [0.717, 1.165) is 15.0 Å². The van der Waals surface area contributed by atoms with Gasteiger partial charge in [0.15, 0.2) is 17.3 Å². The van der Waals surface area contributed by atoms with Gasteiger partial charge < -0.3 is 19.3 Å². The molecule has 0 saturated carbocycles. The lowest BCUT2D eigenvalue weighted by Gasteiger charge is -2.18. The summed E-state index contributed by atoms with van der Waals surface area (Å²) < 4.78 is 18.6. The van der Waals surface area contributed by atoms with Crippen LogP contribution in [0.1, 0.15) is 11.1 Å². The molecule has 0 spiro atoms. The second-order valence-electron chi connectivity index (χ2n) is 8.72. The third-order valence-corrected chi connectivity index (χ3v) is 6.40. The first-order valence-electron chi connectivity index (χ1n) is 11.7. The molecule has 3 aromatic carbocycles. The molecule has 9 nitrogen and oxygen atoms in total. The van der Waals surface area contributed by atoms with E-state index in [9.17, 15) is 19.5 Å². The quantitative estimate of drug-likeness (QED) is 0.386. The van der Waals surface area contributed by atoms with Crippen LogP contribution in [0.2, 0.25) is 0 Å². The summed E-state index contributed by atoms with van der Waals surface area (Å²) in [7, 11) is 1.36. The number of carbonyl (C=O) groups is 3. The van der Waals surface area contributed by atoms with Gasteiger partial charge in [-0.15, -0.1) is 0 Å². The van der Waals surface area contributed by atoms with Crippen molar-refractivity contribution in [1.82, 2.24) is 9.47 Å². The number of amides is 2. The van der Waals surface area contributed by atoms with Crippen LogP contribution < -0.4 is 14.2 Å². The summed E-state index contributed by atoms with van der Waals surface area (Å²) >= 11 is 0. The molecule has 188 valence electrons. The summed E-state index contributed by atoms with van der Waals surface area (Å²) in [6, 6.07) is 21.4. The lowest BCUT2D eigenvalue weighted by Crippen LogP contribution is -2.27. The van der Waals surface area contributed by atoms with Gasteiger partial charge in [0.2, 0.25) is 0 Å². The molecule has 0 bridgehead atoms. The van der Waals surface area contributed by atoms with E-state index in [0.29, 0.717) is 34.8 Å². The first-order chi connectivity index (χ1) is 18.4. The molecule has 6 rings (SSSR count). The number of hydrogen-bond acceptors (Lipinski definition) is 6. The number of benzene rings is 3. The first kappa shape index (κ1) is 23.1. The van der Waals surface area contributed by atoms with Crippen molar-refractivity contribution < 1.29 is 33.7 Å². The Morgan fingerprint density at radius 1 is 0.921 bits per heavy atom. The predicted molar refractivity (Wildman–Crippen MR) is 137 cm³/mol. The monoisotopic (exact) mass is 508 g/mol. The maximum atomic E-state index is 13.4. The van der Waals surface area contributed by atoms with Gasteiger partial charge in [-0.3, -0.25) is 19.1 Å². The number of likely N-dealkylation sites (N-methyl/N-ethyl adjacent to an activating group) is 1. The number of rotatable bonds is 5. The maximum absolute atomic E-state index is 13.4. The van der Waals surface area contributed by atoms with Crippen molar-refractivity contribution >= 4 is 34.4 Å². The molecule has 0 unspecified atom stereocenters. The van der Waals surface area contributed by atoms with Gasteiger partial charge in [-0.05, 0) is 35.9 Å². The molecule has 0 atom stereocenters. The molecule has 1 N–H and O–H groups in total. The lowest BCUT2D eigenvalue weighted by molar-refractivity contribution is -0.135. The maximum Gasteiger partial charge on any atom is 0.416 e. The molecule has 3 heterocycles. The summed E-state index contributed by atoms with van der Waals surface area (Å²) in [5.41, 5.74) is 1.54. The van der Waals surface area contributed by atoms with E-state index in [1.807, 2.05) is 30.3 Å². The van der Waals surface area contributed by atoms with Crippen LogP contribution in [0.25, 0.3) is 16.5 Å². The van der Waals surface area contributed by atoms with Crippen molar-refractivity contribution in [2.45, 2.75) is 6.61 Å². The number of para-hydroxylation sites is 2. The standard InChI is InChI=1S/C29H20N2O7/c1-30-27(32)25(26(28(30)33)24-16-37-22-9-5-6-10-23(22)38-24)20-14-31(29(34)35)21-12-11-18(13-19(20)21)36-15-17-7-3-2-4-8-17/h2-14,16H,15H2,1H3,(H,34,35). The molecule has 4 aromatic rings. The number of nitrogens with zero attached hydrogens (tertiary/aromatic N) is 2. The van der Waals surface area contributed by atoms with E-state index >= 15 is 0 Å². The zero-order valence-electron chi connectivity index (χ0n) is 20.1. The predicted octanol–water partition coefficient (Wildman–Crippen LogP) is 4.81. The zero-order chi connectivity index (χ0) is 26.4. The fourth-order valence-corrected chi connectivity index (χ4v) is 4.52. The van der Waals surface area contributed by atoms with Gasteiger partial charge >= 0.3 is 6.09 Å². The molecule has 0 saturated heterocycles. The van der Waals surface area contributed by atoms with E-state index in [4.69, 9.17) is 14.2 Å². The SMILES string of the molecule is CN1C(=O)C(C2=COc3ccccc3O2)=C(c2cn(C(=O)O)c3ccc(OCc4ccccc4)cc23)C1=O. The highest BCUT2D eigenvalue weighted by molar-refractivity contribution is 6.38. The van der Waals surface area contributed by atoms with Crippen LogP contribution in [0, 0.1) is 0 Å². The van der Waals surface area contributed by atoms with Crippen molar-refractivity contribution in [2.24, 2.45) is 0 Å². The van der Waals surface area contributed by atoms with Gasteiger partial charge in [-0.25, -0.2) is 4.79 Å². The van der Waals surface area contributed by atoms with E-state index in [1.54, 1.807) is 42.5 Å². The molecule has 0 fully saturated rings. The highest BCUT2D eigenvalue weighted by Gasteiger charge is 2.41. The van der Waals surface area contributed by atoms with Gasteiger partial charge in [-0.2, -0.15) is 0 Å². The molecule has 9 heteroatoms. The Labute approximate surface area is 216 Å². The molecule has 2 aliphatic rings. The minimum absolute atomic E-state index is 0.0111. The van der Waals surface area contributed by atoms with Crippen molar-refractivity contribution in [3.63, 3.8) is 0 Å². The molecule has 38 heavy (non-hydrogen) atoms. The molecule has 0 aliphatic carbocycles. The van der Waals surface area contributed by atoms with Gasteiger partial charge in [-0.1, -0.05) is 42.5 Å². The van der Waals surface area contributed by atoms with Crippen LogP contribution in [-0.2, 0) is 16.2 Å². The summed E-state index contributed by atoms with van der Waals surface area (Å²) in [5, 5.41) is 10.3. The van der Waals surface area contributed by atoms with Gasteiger partial charge in [0.25, 0.3) is 11.8 Å². The summed E-state index contributed by atoms with van der Waals surface area (Å²) in [6.45, 7) is 0.299. The number of aromatic nitrogens is 1. The largest absolute Gasteiger partial charge is 0.489 e. The van der Waals surface area contributed by atoms with Gasteiger partial charge in [0.1, 0.15) is 18.6 Å². The van der Waals surface area contributed by atoms with Crippen LogP contribution >= 0.6 is 0 Å². The summed E-state index contributed by atoms with van der Waals surface area (Å²) in [5.74, 6) is 0.195. The molecular weight excluding hydrogens is 488 g/mol. The summed E-state index contributed by atoms with van der Waals surface area (Å²) in [4.78, 5) is 39.6. The fourth-order valence-electron chi connectivity index (χ4n) is 4.52. The van der Waals surface area contributed by atoms with Crippen molar-refractivity contribution in [2.75, 3.05) is 7.05 Å². The third kappa shape index (κ3) is 3.77. The minimum atomic E-state index is -1.24. The molecule has 2 aliphatic heterocycles. The Hall–Kier alpha value is -5.31. The van der Waals surface area contributed by atoms with Gasteiger partial charge in [0.05, 0.1) is 16.7 Å².